The molecule has 0 unspecified atom stereocenters. The molecule has 0 radical (unpaired) electrons. The van der Waals surface area contributed by atoms with E-state index in [9.17, 15) is 20.2 Å². The Kier molecular flexibility index (Phi) is 4.89. The standard InChI is InChI=1S/C19H20N4O4/c1-19(2)11-5-8-16(14-6-3-4-7-15(14)19)20-21-17-10-9-13(22(24)25)12-18(17)23(26)27/h3-4,6-7,9-10,12,21H,5,8,11H2,1-2H3/b20-16-. The van der Waals surface area contributed by atoms with Gasteiger partial charge in [-0.05, 0) is 36.3 Å². The van der Waals surface area contributed by atoms with E-state index in [1.54, 1.807) is 0 Å². The number of fused-ring (bicyclic) bond motifs is 1. The van der Waals surface area contributed by atoms with Gasteiger partial charge in [-0.3, -0.25) is 25.7 Å². The van der Waals surface area contributed by atoms with E-state index in [0.717, 1.165) is 36.6 Å². The topological polar surface area (TPSA) is 111 Å². The minimum Gasteiger partial charge on any atom is -0.271 e. The fourth-order valence-electron chi connectivity index (χ4n) is 3.42. The van der Waals surface area contributed by atoms with E-state index in [0.29, 0.717) is 0 Å². The first-order valence-electron chi connectivity index (χ1n) is 8.65. The van der Waals surface area contributed by atoms with Crippen molar-refractivity contribution in [3.63, 3.8) is 0 Å². The number of nitrogens with one attached hydrogen (secondary N) is 1. The zero-order chi connectivity index (χ0) is 19.6. The molecule has 2 aromatic carbocycles. The molecular formula is C19H20N4O4. The Morgan fingerprint density at radius 2 is 1.81 bits per heavy atom. The molecule has 1 aliphatic carbocycles. The summed E-state index contributed by atoms with van der Waals surface area (Å²) < 4.78 is 0. The van der Waals surface area contributed by atoms with Crippen LogP contribution in [0, 0.1) is 20.2 Å². The van der Waals surface area contributed by atoms with Gasteiger partial charge < -0.3 is 0 Å². The van der Waals surface area contributed by atoms with Crippen molar-refractivity contribution in [3.8, 4) is 0 Å². The van der Waals surface area contributed by atoms with Crippen LogP contribution in [0.4, 0.5) is 17.1 Å². The predicted octanol–water partition coefficient (Wildman–Crippen LogP) is 4.78. The van der Waals surface area contributed by atoms with Crippen molar-refractivity contribution >= 4 is 22.8 Å². The van der Waals surface area contributed by atoms with E-state index in [2.05, 4.69) is 30.4 Å². The van der Waals surface area contributed by atoms with Crippen LogP contribution in [0.2, 0.25) is 0 Å². The highest BCUT2D eigenvalue weighted by Crippen LogP contribution is 2.36. The third kappa shape index (κ3) is 3.79. The number of hydrogen-bond donors (Lipinski definition) is 1. The predicted molar refractivity (Wildman–Crippen MR) is 103 cm³/mol. The lowest BCUT2D eigenvalue weighted by molar-refractivity contribution is -0.393. The lowest BCUT2D eigenvalue weighted by Crippen LogP contribution is -2.18. The second-order valence-electron chi connectivity index (χ2n) is 7.17. The van der Waals surface area contributed by atoms with Crippen LogP contribution in [-0.4, -0.2) is 15.6 Å². The zero-order valence-electron chi connectivity index (χ0n) is 15.1. The summed E-state index contributed by atoms with van der Waals surface area (Å²) in [6, 6.07) is 11.5. The van der Waals surface area contributed by atoms with Crippen LogP contribution in [0.5, 0.6) is 0 Å². The summed E-state index contributed by atoms with van der Waals surface area (Å²) in [6.07, 6.45) is 2.71. The Bertz CT molecular complexity index is 937. The molecule has 0 saturated carbocycles. The van der Waals surface area contributed by atoms with Gasteiger partial charge in [-0.15, -0.1) is 0 Å². The molecule has 27 heavy (non-hydrogen) atoms. The van der Waals surface area contributed by atoms with Crippen molar-refractivity contribution in [1.29, 1.82) is 0 Å². The van der Waals surface area contributed by atoms with Gasteiger partial charge in [0.05, 0.1) is 21.6 Å². The average Bonchev–Trinajstić information content (AvgIpc) is 2.76. The summed E-state index contributed by atoms with van der Waals surface area (Å²) in [4.78, 5) is 20.8. The smallest absolute Gasteiger partial charge is 0.271 e. The van der Waals surface area contributed by atoms with E-state index in [4.69, 9.17) is 0 Å². The molecule has 0 amide bonds. The molecular weight excluding hydrogens is 348 g/mol. The summed E-state index contributed by atoms with van der Waals surface area (Å²) >= 11 is 0. The van der Waals surface area contributed by atoms with E-state index >= 15 is 0 Å². The van der Waals surface area contributed by atoms with Crippen LogP contribution in [0.1, 0.15) is 44.2 Å². The molecule has 2 aromatic rings. The van der Waals surface area contributed by atoms with Gasteiger partial charge in [0, 0.05) is 11.6 Å². The normalized spacial score (nSPS) is 17.0. The first kappa shape index (κ1) is 18.5. The second-order valence-corrected chi connectivity index (χ2v) is 7.17. The fourth-order valence-corrected chi connectivity index (χ4v) is 3.42. The van der Waals surface area contributed by atoms with Crippen molar-refractivity contribution in [2.24, 2.45) is 5.10 Å². The number of nitro benzene ring substituents is 2. The molecule has 8 heteroatoms. The van der Waals surface area contributed by atoms with Crippen LogP contribution < -0.4 is 5.43 Å². The number of non-ortho nitro benzene ring substituents is 1. The third-order valence-corrected chi connectivity index (χ3v) is 4.88. The maximum Gasteiger partial charge on any atom is 0.301 e. The molecule has 0 heterocycles. The van der Waals surface area contributed by atoms with Crippen molar-refractivity contribution in [2.45, 2.75) is 38.5 Å². The first-order valence-corrected chi connectivity index (χ1v) is 8.65. The van der Waals surface area contributed by atoms with Gasteiger partial charge in [0.15, 0.2) is 0 Å². The van der Waals surface area contributed by atoms with Crippen molar-refractivity contribution in [3.05, 3.63) is 73.8 Å². The highest BCUT2D eigenvalue weighted by atomic mass is 16.6. The molecule has 0 spiro atoms. The lowest BCUT2D eigenvalue weighted by atomic mass is 9.80. The number of benzene rings is 2. The van der Waals surface area contributed by atoms with Gasteiger partial charge in [-0.2, -0.15) is 5.10 Å². The number of hydrogen-bond acceptors (Lipinski definition) is 6. The highest BCUT2D eigenvalue weighted by Gasteiger charge is 2.28. The molecule has 1 aliphatic rings. The summed E-state index contributed by atoms with van der Waals surface area (Å²) in [7, 11) is 0. The van der Waals surface area contributed by atoms with Gasteiger partial charge in [0.2, 0.25) is 0 Å². The largest absolute Gasteiger partial charge is 0.301 e. The Morgan fingerprint density at radius 3 is 2.52 bits per heavy atom. The Labute approximate surface area is 156 Å². The maximum atomic E-state index is 11.3. The molecule has 0 saturated heterocycles. The minimum absolute atomic E-state index is 0.0211. The van der Waals surface area contributed by atoms with Crippen molar-refractivity contribution < 1.29 is 9.85 Å². The van der Waals surface area contributed by atoms with Crippen molar-refractivity contribution in [1.82, 2.24) is 0 Å². The molecule has 140 valence electrons. The molecule has 0 aromatic heterocycles. The summed E-state index contributed by atoms with van der Waals surface area (Å²) in [6.45, 7) is 4.40. The zero-order valence-corrected chi connectivity index (χ0v) is 15.1. The Hall–Kier alpha value is -3.29. The Morgan fingerprint density at radius 1 is 1.07 bits per heavy atom. The number of nitro groups is 2. The molecule has 0 aliphatic heterocycles. The van der Waals surface area contributed by atoms with Gasteiger partial charge in [0.1, 0.15) is 5.69 Å². The van der Waals surface area contributed by atoms with Crippen molar-refractivity contribution in [2.75, 3.05) is 5.43 Å². The van der Waals surface area contributed by atoms with E-state index in [1.165, 1.54) is 17.7 Å². The molecule has 0 bridgehead atoms. The summed E-state index contributed by atoms with van der Waals surface area (Å²) in [5.41, 5.74) is 5.23. The molecule has 1 N–H and O–H groups in total. The Balaban J connectivity index is 1.99. The number of rotatable bonds is 4. The molecule has 8 nitrogen and oxygen atoms in total. The van der Waals surface area contributed by atoms with E-state index in [-0.39, 0.29) is 22.5 Å². The average molecular weight is 368 g/mol. The molecule has 0 fully saturated rings. The summed E-state index contributed by atoms with van der Waals surface area (Å²) in [5, 5.41) is 26.6. The second kappa shape index (κ2) is 7.14. The van der Waals surface area contributed by atoms with Crippen LogP contribution in [0.15, 0.2) is 47.6 Å². The number of nitrogens with zero attached hydrogens (tertiary/aromatic N) is 3. The number of hydrazone groups is 1. The van der Waals surface area contributed by atoms with E-state index < -0.39 is 9.85 Å². The van der Waals surface area contributed by atoms with Crippen LogP contribution in [0.25, 0.3) is 0 Å². The molecule has 3 rings (SSSR count). The maximum absolute atomic E-state index is 11.3. The van der Waals surface area contributed by atoms with Crippen LogP contribution in [0.3, 0.4) is 0 Å². The van der Waals surface area contributed by atoms with Gasteiger partial charge in [0.25, 0.3) is 5.69 Å². The fraction of sp³-hybridized carbons (Fsp3) is 0.316. The molecule has 0 atom stereocenters. The monoisotopic (exact) mass is 368 g/mol. The number of anilines is 1. The highest BCUT2D eigenvalue weighted by molar-refractivity contribution is 6.03. The van der Waals surface area contributed by atoms with Crippen LogP contribution in [-0.2, 0) is 5.41 Å². The minimum atomic E-state index is -0.660. The van der Waals surface area contributed by atoms with E-state index in [1.807, 2.05) is 18.2 Å². The quantitative estimate of drug-likeness (QED) is 0.474. The summed E-state index contributed by atoms with van der Waals surface area (Å²) in [5.74, 6) is 0. The van der Waals surface area contributed by atoms with Gasteiger partial charge in [-0.25, -0.2) is 0 Å². The van der Waals surface area contributed by atoms with Crippen LogP contribution >= 0.6 is 0 Å². The third-order valence-electron chi connectivity index (χ3n) is 4.88. The lowest BCUT2D eigenvalue weighted by Gasteiger charge is -2.25. The van der Waals surface area contributed by atoms with Gasteiger partial charge >= 0.3 is 5.69 Å². The van der Waals surface area contributed by atoms with Gasteiger partial charge in [-0.1, -0.05) is 38.1 Å². The first-order chi connectivity index (χ1) is 12.8. The SMILES string of the molecule is CC1(C)CCC/C(=N/Nc2ccc([N+](=O)[O-])cc2[N+](=O)[O-])c2ccccc21.